The predicted molar refractivity (Wildman–Crippen MR) is 121 cm³/mol. The van der Waals surface area contributed by atoms with E-state index in [-0.39, 0.29) is 17.7 Å². The molecule has 1 aliphatic rings. The zero-order valence-electron chi connectivity index (χ0n) is 17.4. The molecule has 1 N–H and O–H groups in total. The number of aryl methyl sites for hydroxylation is 1. The molecule has 0 bridgehead atoms. The third kappa shape index (κ3) is 4.54. The molecule has 0 saturated carbocycles. The monoisotopic (exact) mass is 400 g/mol. The van der Waals surface area contributed by atoms with Crippen molar-refractivity contribution in [1.82, 2.24) is 4.90 Å². The van der Waals surface area contributed by atoms with Gasteiger partial charge in [-0.1, -0.05) is 61.5 Å². The highest BCUT2D eigenvalue weighted by Crippen LogP contribution is 2.23. The van der Waals surface area contributed by atoms with Crippen molar-refractivity contribution in [2.24, 2.45) is 5.92 Å². The van der Waals surface area contributed by atoms with Crippen LogP contribution in [0, 0.1) is 5.92 Å². The molecule has 0 radical (unpaired) electrons. The lowest BCUT2D eigenvalue weighted by molar-refractivity contribution is -0.133. The summed E-state index contributed by atoms with van der Waals surface area (Å²) in [6.45, 7) is 3.31. The Bertz CT molecular complexity index is 1050. The number of nitrogens with zero attached hydrogens (tertiary/aromatic N) is 1. The fraction of sp³-hybridized carbons (Fsp3) is 0.308. The molecular weight excluding hydrogens is 372 g/mol. The van der Waals surface area contributed by atoms with Gasteiger partial charge in [0.1, 0.15) is 0 Å². The van der Waals surface area contributed by atoms with Gasteiger partial charge < -0.3 is 10.2 Å². The van der Waals surface area contributed by atoms with E-state index in [1.165, 1.54) is 5.56 Å². The summed E-state index contributed by atoms with van der Waals surface area (Å²) < 4.78 is 0. The van der Waals surface area contributed by atoms with E-state index in [4.69, 9.17) is 0 Å². The van der Waals surface area contributed by atoms with Crippen LogP contribution in [0.15, 0.2) is 66.7 Å². The van der Waals surface area contributed by atoms with Gasteiger partial charge in [0.15, 0.2) is 0 Å². The largest absolute Gasteiger partial charge is 0.342 e. The Labute approximate surface area is 177 Å². The van der Waals surface area contributed by atoms with Crippen molar-refractivity contribution in [3.05, 3.63) is 77.9 Å². The lowest BCUT2D eigenvalue weighted by atomic mass is 9.95. The molecule has 1 saturated heterocycles. The van der Waals surface area contributed by atoms with Crippen LogP contribution in [-0.2, 0) is 22.4 Å². The van der Waals surface area contributed by atoms with Gasteiger partial charge in [-0.2, -0.15) is 0 Å². The fourth-order valence-corrected chi connectivity index (χ4v) is 4.25. The van der Waals surface area contributed by atoms with E-state index < -0.39 is 0 Å². The number of carbonyl (C=O) groups excluding carboxylic acids is 2. The van der Waals surface area contributed by atoms with Crippen LogP contribution in [0.2, 0.25) is 0 Å². The van der Waals surface area contributed by atoms with Gasteiger partial charge in [-0.3, -0.25) is 9.59 Å². The van der Waals surface area contributed by atoms with Gasteiger partial charge in [-0.05, 0) is 53.3 Å². The van der Waals surface area contributed by atoms with Crippen molar-refractivity contribution in [2.75, 3.05) is 18.4 Å². The summed E-state index contributed by atoms with van der Waals surface area (Å²) in [6, 6.07) is 22.2. The standard InChI is InChI=1S/C26H28N2O2/c1-2-19-8-5-13-23(16-19)27-26(30)22-12-7-15-28(18-22)25(29)17-21-11-6-10-20-9-3-4-14-24(20)21/h3-6,8-11,13-14,16,22H,2,7,12,15,17-18H2,1H3,(H,27,30)/t22-/m1/s1. The molecular formula is C26H28N2O2. The fourth-order valence-electron chi connectivity index (χ4n) is 4.25. The lowest BCUT2D eigenvalue weighted by Gasteiger charge is -2.32. The average Bonchev–Trinajstić information content (AvgIpc) is 2.79. The van der Waals surface area contributed by atoms with E-state index in [0.29, 0.717) is 13.0 Å². The average molecular weight is 401 g/mol. The van der Waals surface area contributed by atoms with E-state index in [1.807, 2.05) is 47.4 Å². The maximum atomic E-state index is 13.0. The Kier molecular flexibility index (Phi) is 6.12. The predicted octanol–water partition coefficient (Wildman–Crippen LogP) is 4.82. The second kappa shape index (κ2) is 9.12. The normalized spacial score (nSPS) is 16.4. The van der Waals surface area contributed by atoms with Crippen molar-refractivity contribution in [1.29, 1.82) is 0 Å². The van der Waals surface area contributed by atoms with E-state index in [9.17, 15) is 9.59 Å². The molecule has 1 atom stereocenters. The van der Waals surface area contributed by atoms with E-state index in [0.717, 1.165) is 47.8 Å². The Morgan fingerprint density at radius 2 is 1.83 bits per heavy atom. The summed E-state index contributed by atoms with van der Waals surface area (Å²) in [5, 5.41) is 5.31. The Balaban J connectivity index is 1.41. The maximum absolute atomic E-state index is 13.0. The van der Waals surface area contributed by atoms with Crippen LogP contribution < -0.4 is 5.32 Å². The van der Waals surface area contributed by atoms with Gasteiger partial charge in [0.25, 0.3) is 0 Å². The number of rotatable bonds is 5. The number of benzene rings is 3. The molecule has 0 unspecified atom stereocenters. The second-order valence-corrected chi connectivity index (χ2v) is 8.04. The molecule has 30 heavy (non-hydrogen) atoms. The minimum atomic E-state index is -0.166. The van der Waals surface area contributed by atoms with Crippen molar-refractivity contribution in [3.8, 4) is 0 Å². The summed E-state index contributed by atoms with van der Waals surface area (Å²) in [5.41, 5.74) is 3.07. The SMILES string of the molecule is CCc1cccc(NC(=O)[C@@H]2CCCN(C(=O)Cc3cccc4ccccc34)C2)c1. The molecule has 154 valence electrons. The van der Waals surface area contributed by atoms with Crippen LogP contribution in [0.4, 0.5) is 5.69 Å². The van der Waals surface area contributed by atoms with E-state index >= 15 is 0 Å². The quantitative estimate of drug-likeness (QED) is 0.667. The maximum Gasteiger partial charge on any atom is 0.229 e. The molecule has 0 spiro atoms. The molecule has 1 aliphatic heterocycles. The van der Waals surface area contributed by atoms with Gasteiger partial charge in [0, 0.05) is 18.8 Å². The molecule has 4 rings (SSSR count). The van der Waals surface area contributed by atoms with Crippen LogP contribution >= 0.6 is 0 Å². The third-order valence-corrected chi connectivity index (χ3v) is 5.97. The minimum absolute atomic E-state index is 0.00548. The number of hydrogen-bond acceptors (Lipinski definition) is 2. The summed E-state index contributed by atoms with van der Waals surface area (Å²) in [6.07, 6.45) is 2.98. The van der Waals surface area contributed by atoms with Crippen molar-refractivity contribution >= 4 is 28.3 Å². The number of fused-ring (bicyclic) bond motifs is 1. The molecule has 3 aromatic rings. The summed E-state index contributed by atoms with van der Waals surface area (Å²) >= 11 is 0. The topological polar surface area (TPSA) is 49.4 Å². The molecule has 4 nitrogen and oxygen atoms in total. The highest BCUT2D eigenvalue weighted by molar-refractivity contribution is 5.94. The molecule has 2 amide bonds. The molecule has 0 aromatic heterocycles. The zero-order valence-corrected chi connectivity index (χ0v) is 17.4. The molecule has 1 heterocycles. The first-order chi connectivity index (χ1) is 14.6. The first-order valence-corrected chi connectivity index (χ1v) is 10.8. The number of likely N-dealkylation sites (tertiary alicyclic amines) is 1. The first kappa shape index (κ1) is 20.1. The van der Waals surface area contributed by atoms with Crippen molar-refractivity contribution < 1.29 is 9.59 Å². The summed E-state index contributed by atoms with van der Waals surface area (Å²) in [4.78, 5) is 27.7. The van der Waals surface area contributed by atoms with E-state index in [2.05, 4.69) is 36.5 Å². The number of piperidine rings is 1. The Morgan fingerprint density at radius 3 is 2.70 bits per heavy atom. The van der Waals surface area contributed by atoms with Gasteiger partial charge in [0.2, 0.25) is 11.8 Å². The second-order valence-electron chi connectivity index (χ2n) is 8.04. The van der Waals surface area contributed by atoms with Crippen molar-refractivity contribution in [2.45, 2.75) is 32.6 Å². The van der Waals surface area contributed by atoms with Gasteiger partial charge in [-0.25, -0.2) is 0 Å². The number of carbonyl (C=O) groups is 2. The minimum Gasteiger partial charge on any atom is -0.342 e. The number of nitrogens with one attached hydrogen (secondary N) is 1. The zero-order chi connectivity index (χ0) is 20.9. The highest BCUT2D eigenvalue weighted by Gasteiger charge is 2.28. The number of amides is 2. The molecule has 0 aliphatic carbocycles. The molecule has 1 fully saturated rings. The number of anilines is 1. The van der Waals surface area contributed by atoms with Crippen LogP contribution in [0.5, 0.6) is 0 Å². The van der Waals surface area contributed by atoms with Crippen LogP contribution in [0.1, 0.15) is 30.9 Å². The molecule has 3 aromatic carbocycles. The van der Waals surface area contributed by atoms with Gasteiger partial charge in [-0.15, -0.1) is 0 Å². The first-order valence-electron chi connectivity index (χ1n) is 10.8. The summed E-state index contributed by atoms with van der Waals surface area (Å²) in [7, 11) is 0. The third-order valence-electron chi connectivity index (χ3n) is 5.97. The van der Waals surface area contributed by atoms with Crippen LogP contribution in [0.3, 0.4) is 0 Å². The van der Waals surface area contributed by atoms with E-state index in [1.54, 1.807) is 0 Å². The van der Waals surface area contributed by atoms with Crippen molar-refractivity contribution in [3.63, 3.8) is 0 Å². The Morgan fingerprint density at radius 1 is 1.03 bits per heavy atom. The highest BCUT2D eigenvalue weighted by atomic mass is 16.2. The van der Waals surface area contributed by atoms with Crippen LogP contribution in [0.25, 0.3) is 10.8 Å². The van der Waals surface area contributed by atoms with Gasteiger partial charge >= 0.3 is 0 Å². The Hall–Kier alpha value is -3.14. The smallest absolute Gasteiger partial charge is 0.229 e. The lowest BCUT2D eigenvalue weighted by Crippen LogP contribution is -2.44. The number of hydrogen-bond donors (Lipinski definition) is 1. The van der Waals surface area contributed by atoms with Crippen LogP contribution in [-0.4, -0.2) is 29.8 Å². The molecule has 4 heteroatoms. The van der Waals surface area contributed by atoms with Gasteiger partial charge in [0.05, 0.1) is 12.3 Å². The summed E-state index contributed by atoms with van der Waals surface area (Å²) in [5.74, 6) is -0.0664.